The molecule has 3 N–H and O–H groups in total. The zero-order valence-electron chi connectivity index (χ0n) is 16.4. The van der Waals surface area contributed by atoms with Gasteiger partial charge in [0.15, 0.2) is 0 Å². The van der Waals surface area contributed by atoms with Crippen LogP contribution in [0.5, 0.6) is 5.75 Å². The van der Waals surface area contributed by atoms with Crippen LogP contribution in [-0.4, -0.2) is 56.8 Å². The minimum absolute atomic E-state index is 0.134. The van der Waals surface area contributed by atoms with E-state index in [0.29, 0.717) is 11.3 Å². The Labute approximate surface area is 167 Å². The number of hydrogen-bond donors (Lipinski definition) is 3. The van der Waals surface area contributed by atoms with E-state index in [4.69, 9.17) is 14.2 Å². The third kappa shape index (κ3) is 5.96. The molecule has 156 valence electrons. The summed E-state index contributed by atoms with van der Waals surface area (Å²) in [6, 6.07) is 5.23. The largest absolute Gasteiger partial charge is 0.497 e. The van der Waals surface area contributed by atoms with E-state index in [9.17, 15) is 19.2 Å². The average molecular weight is 405 g/mol. The van der Waals surface area contributed by atoms with Crippen molar-refractivity contribution in [3.63, 3.8) is 0 Å². The molecule has 0 aromatic heterocycles. The van der Waals surface area contributed by atoms with Gasteiger partial charge in [0.2, 0.25) is 0 Å². The van der Waals surface area contributed by atoms with E-state index < -0.39 is 29.9 Å². The van der Waals surface area contributed by atoms with Gasteiger partial charge in [-0.2, -0.15) is 0 Å². The zero-order valence-corrected chi connectivity index (χ0v) is 16.4. The van der Waals surface area contributed by atoms with Gasteiger partial charge in [-0.05, 0) is 38.1 Å². The molecule has 3 amide bonds. The predicted octanol–water partition coefficient (Wildman–Crippen LogP) is 0.487. The molecule has 0 saturated heterocycles. The molecule has 0 aliphatic carbocycles. The normalized spacial score (nSPS) is 15.7. The summed E-state index contributed by atoms with van der Waals surface area (Å²) in [5.41, 5.74) is 0.654. The van der Waals surface area contributed by atoms with Gasteiger partial charge in [0, 0.05) is 5.56 Å². The minimum atomic E-state index is -0.733. The van der Waals surface area contributed by atoms with E-state index in [-0.39, 0.29) is 31.0 Å². The highest BCUT2D eigenvalue weighted by Gasteiger charge is 2.30. The van der Waals surface area contributed by atoms with Crippen molar-refractivity contribution in [2.24, 2.45) is 0 Å². The lowest BCUT2D eigenvalue weighted by Gasteiger charge is -2.26. The Kier molecular flexibility index (Phi) is 7.58. The summed E-state index contributed by atoms with van der Waals surface area (Å²) >= 11 is 0. The van der Waals surface area contributed by atoms with Crippen LogP contribution in [0.15, 0.2) is 35.5 Å². The van der Waals surface area contributed by atoms with Crippen LogP contribution in [-0.2, 0) is 19.1 Å². The van der Waals surface area contributed by atoms with Gasteiger partial charge in [0.1, 0.15) is 18.9 Å². The molecule has 0 saturated carbocycles. The van der Waals surface area contributed by atoms with E-state index >= 15 is 0 Å². The SMILES string of the molecule is CCOC(=O)C1=C(COC(=O)CNC(=O)c2ccc(OC)cc2)NC(=O)NC1C. The molecule has 0 spiro atoms. The van der Waals surface area contributed by atoms with E-state index in [0.717, 1.165) is 0 Å². The first kappa shape index (κ1) is 21.7. The number of urea groups is 1. The maximum atomic E-state index is 12.1. The van der Waals surface area contributed by atoms with Crippen molar-refractivity contribution >= 4 is 23.9 Å². The van der Waals surface area contributed by atoms with Gasteiger partial charge in [0.05, 0.1) is 31.0 Å². The molecule has 1 aromatic carbocycles. The van der Waals surface area contributed by atoms with Crippen LogP contribution in [0.4, 0.5) is 4.79 Å². The summed E-state index contributed by atoms with van der Waals surface area (Å²) in [5, 5.41) is 7.42. The smallest absolute Gasteiger partial charge is 0.338 e. The molecule has 1 aliphatic rings. The Hall–Kier alpha value is -3.56. The van der Waals surface area contributed by atoms with Gasteiger partial charge in [-0.3, -0.25) is 9.59 Å². The number of benzene rings is 1. The van der Waals surface area contributed by atoms with Crippen molar-refractivity contribution in [1.82, 2.24) is 16.0 Å². The fourth-order valence-corrected chi connectivity index (χ4v) is 2.59. The van der Waals surface area contributed by atoms with E-state index in [2.05, 4.69) is 16.0 Å². The van der Waals surface area contributed by atoms with Crippen LogP contribution >= 0.6 is 0 Å². The number of nitrogens with one attached hydrogen (secondary N) is 3. The van der Waals surface area contributed by atoms with E-state index in [1.165, 1.54) is 7.11 Å². The molecular formula is C19H23N3O7. The van der Waals surface area contributed by atoms with Crippen LogP contribution < -0.4 is 20.7 Å². The summed E-state index contributed by atoms with van der Waals surface area (Å²) in [4.78, 5) is 47.8. The highest BCUT2D eigenvalue weighted by Crippen LogP contribution is 2.15. The second-order valence-electron chi connectivity index (χ2n) is 6.00. The molecular weight excluding hydrogens is 382 g/mol. The number of rotatable bonds is 8. The number of esters is 2. The van der Waals surface area contributed by atoms with Crippen molar-refractivity contribution in [2.45, 2.75) is 19.9 Å². The quantitative estimate of drug-likeness (QED) is 0.536. The van der Waals surface area contributed by atoms with Crippen LogP contribution in [0.2, 0.25) is 0 Å². The first-order valence-electron chi connectivity index (χ1n) is 8.91. The summed E-state index contributed by atoms with van der Waals surface area (Å²) in [7, 11) is 1.51. The molecule has 1 unspecified atom stereocenters. The maximum absolute atomic E-state index is 12.1. The summed E-state index contributed by atoms with van der Waals surface area (Å²) in [6.45, 7) is 2.70. The van der Waals surface area contributed by atoms with Crippen molar-refractivity contribution in [1.29, 1.82) is 0 Å². The average Bonchev–Trinajstić information content (AvgIpc) is 2.70. The summed E-state index contributed by atoms with van der Waals surface area (Å²) in [6.07, 6.45) is 0. The van der Waals surface area contributed by atoms with Gasteiger partial charge in [0.25, 0.3) is 5.91 Å². The Bertz CT molecular complexity index is 818. The van der Waals surface area contributed by atoms with Gasteiger partial charge < -0.3 is 30.2 Å². The van der Waals surface area contributed by atoms with Crippen LogP contribution in [0, 0.1) is 0 Å². The Balaban J connectivity index is 1.93. The molecule has 0 bridgehead atoms. The topological polar surface area (TPSA) is 132 Å². The third-order valence-corrected chi connectivity index (χ3v) is 3.99. The number of methoxy groups -OCH3 is 1. The predicted molar refractivity (Wildman–Crippen MR) is 101 cm³/mol. The molecule has 1 aromatic rings. The second kappa shape index (κ2) is 10.1. The molecule has 0 fully saturated rings. The maximum Gasteiger partial charge on any atom is 0.338 e. The first-order chi connectivity index (χ1) is 13.8. The Morgan fingerprint density at radius 2 is 1.83 bits per heavy atom. The van der Waals surface area contributed by atoms with Crippen molar-refractivity contribution in [3.05, 3.63) is 41.1 Å². The third-order valence-electron chi connectivity index (χ3n) is 3.99. The molecule has 10 nitrogen and oxygen atoms in total. The van der Waals surface area contributed by atoms with Gasteiger partial charge >= 0.3 is 18.0 Å². The standard InChI is InChI=1S/C19H23N3O7/c1-4-28-18(25)16-11(2)21-19(26)22-14(16)10-29-15(23)9-20-17(24)12-5-7-13(27-3)8-6-12/h5-8,11H,4,9-10H2,1-3H3,(H,20,24)(H2,21,22,26). The van der Waals surface area contributed by atoms with E-state index in [1.54, 1.807) is 38.1 Å². The van der Waals surface area contributed by atoms with Crippen molar-refractivity contribution in [3.8, 4) is 5.75 Å². The highest BCUT2D eigenvalue weighted by atomic mass is 16.5. The lowest BCUT2D eigenvalue weighted by atomic mass is 10.0. The second-order valence-corrected chi connectivity index (χ2v) is 6.00. The fourth-order valence-electron chi connectivity index (χ4n) is 2.59. The van der Waals surface area contributed by atoms with Gasteiger partial charge in [-0.15, -0.1) is 0 Å². The lowest BCUT2D eigenvalue weighted by Crippen LogP contribution is -2.50. The molecule has 1 aliphatic heterocycles. The molecule has 1 atom stereocenters. The van der Waals surface area contributed by atoms with Crippen molar-refractivity contribution in [2.75, 3.05) is 26.9 Å². The number of hydrogen-bond acceptors (Lipinski definition) is 7. The van der Waals surface area contributed by atoms with Crippen LogP contribution in [0.1, 0.15) is 24.2 Å². The zero-order chi connectivity index (χ0) is 21.4. The summed E-state index contributed by atoms with van der Waals surface area (Å²) in [5.74, 6) is -1.21. The van der Waals surface area contributed by atoms with Gasteiger partial charge in [-0.1, -0.05) is 0 Å². The van der Waals surface area contributed by atoms with Crippen molar-refractivity contribution < 1.29 is 33.4 Å². The lowest BCUT2D eigenvalue weighted by molar-refractivity contribution is -0.142. The van der Waals surface area contributed by atoms with Crippen LogP contribution in [0.25, 0.3) is 0 Å². The Morgan fingerprint density at radius 1 is 1.14 bits per heavy atom. The Morgan fingerprint density at radius 3 is 2.45 bits per heavy atom. The number of carbonyl (C=O) groups excluding carboxylic acids is 4. The van der Waals surface area contributed by atoms with Crippen LogP contribution in [0.3, 0.4) is 0 Å². The van der Waals surface area contributed by atoms with Gasteiger partial charge in [-0.25, -0.2) is 9.59 Å². The molecule has 2 rings (SSSR count). The molecule has 1 heterocycles. The monoisotopic (exact) mass is 405 g/mol. The fraction of sp³-hybridized carbons (Fsp3) is 0.368. The molecule has 10 heteroatoms. The molecule has 29 heavy (non-hydrogen) atoms. The van der Waals surface area contributed by atoms with E-state index in [1.807, 2.05) is 0 Å². The number of ether oxygens (including phenoxy) is 3. The minimum Gasteiger partial charge on any atom is -0.497 e. The first-order valence-corrected chi connectivity index (χ1v) is 8.91. The molecule has 0 radical (unpaired) electrons. The number of amides is 3. The highest BCUT2D eigenvalue weighted by molar-refractivity contribution is 5.96. The number of carbonyl (C=O) groups is 4. The summed E-state index contributed by atoms with van der Waals surface area (Å²) < 4.78 is 15.1.